The minimum absolute atomic E-state index is 0.148. The molecule has 0 spiro atoms. The zero-order valence-corrected chi connectivity index (χ0v) is 16.9. The van der Waals surface area contributed by atoms with Gasteiger partial charge in [-0.3, -0.25) is 4.79 Å². The molecule has 2 aliphatic rings. The fourth-order valence-corrected chi connectivity index (χ4v) is 4.64. The fraction of sp³-hybridized carbons (Fsp3) is 0.526. The molecule has 8 nitrogen and oxygen atoms in total. The Morgan fingerprint density at radius 2 is 2.07 bits per heavy atom. The van der Waals surface area contributed by atoms with Crippen molar-refractivity contribution in [2.24, 2.45) is 4.40 Å². The van der Waals surface area contributed by atoms with Gasteiger partial charge in [0.25, 0.3) is 15.9 Å². The third-order valence-electron chi connectivity index (χ3n) is 4.87. The minimum atomic E-state index is -3.77. The number of carbonyl (C=O) groups excluding carboxylic acids is 2. The van der Waals surface area contributed by atoms with Gasteiger partial charge >= 0.3 is 5.97 Å². The summed E-state index contributed by atoms with van der Waals surface area (Å²) >= 11 is 0. The molecule has 1 amide bonds. The zero-order valence-electron chi connectivity index (χ0n) is 16.1. The normalized spacial score (nSPS) is 21.4. The summed E-state index contributed by atoms with van der Waals surface area (Å²) in [5.41, 5.74) is 0.496. The maximum atomic E-state index is 12.8. The number of amidine groups is 1. The molecule has 0 aromatic heterocycles. The van der Waals surface area contributed by atoms with Crippen LogP contribution in [-0.4, -0.2) is 56.3 Å². The van der Waals surface area contributed by atoms with E-state index in [1.54, 1.807) is 23.1 Å². The molecule has 9 heteroatoms. The molecule has 2 atom stereocenters. The Hall–Kier alpha value is -2.42. The van der Waals surface area contributed by atoms with E-state index < -0.39 is 28.1 Å². The van der Waals surface area contributed by atoms with Gasteiger partial charge in [0.2, 0.25) is 0 Å². The van der Waals surface area contributed by atoms with Crippen molar-refractivity contribution in [2.45, 2.75) is 56.6 Å². The molecule has 2 heterocycles. The Morgan fingerprint density at radius 1 is 1.32 bits per heavy atom. The lowest BCUT2D eigenvalue weighted by Gasteiger charge is -2.35. The molecule has 0 bridgehead atoms. The van der Waals surface area contributed by atoms with E-state index in [0.29, 0.717) is 25.1 Å². The summed E-state index contributed by atoms with van der Waals surface area (Å²) < 4.78 is 34.0. The van der Waals surface area contributed by atoms with Crippen LogP contribution in [0.2, 0.25) is 0 Å². The molecular weight excluding hydrogens is 382 g/mol. The highest BCUT2D eigenvalue weighted by Crippen LogP contribution is 2.31. The molecule has 0 radical (unpaired) electrons. The first kappa shape index (κ1) is 20.3. The highest BCUT2D eigenvalue weighted by atomic mass is 32.2. The number of piperidine rings is 1. The number of hydrogen-bond donors (Lipinski definition) is 1. The highest BCUT2D eigenvalue weighted by molar-refractivity contribution is 7.90. The third-order valence-corrected chi connectivity index (χ3v) is 6.20. The summed E-state index contributed by atoms with van der Waals surface area (Å²) in [5, 5.41) is 2.70. The molecule has 1 saturated heterocycles. The number of rotatable bonds is 5. The van der Waals surface area contributed by atoms with Crippen LogP contribution in [0.5, 0.6) is 0 Å². The van der Waals surface area contributed by atoms with Crippen LogP contribution in [0.1, 0.15) is 45.1 Å². The largest absolute Gasteiger partial charge is 0.451 e. The summed E-state index contributed by atoms with van der Waals surface area (Å²) in [6, 6.07) is 5.92. The van der Waals surface area contributed by atoms with Gasteiger partial charge < -0.3 is 15.0 Å². The second kappa shape index (κ2) is 8.30. The molecule has 28 heavy (non-hydrogen) atoms. The van der Waals surface area contributed by atoms with Gasteiger partial charge in [-0.05, 0) is 44.7 Å². The van der Waals surface area contributed by atoms with Crippen molar-refractivity contribution < 1.29 is 22.7 Å². The average molecular weight is 407 g/mol. The molecular formula is C19H25N3O5S. The lowest BCUT2D eigenvalue weighted by molar-refractivity contribution is -0.159. The quantitative estimate of drug-likeness (QED) is 0.741. The Balaban J connectivity index is 1.80. The summed E-state index contributed by atoms with van der Waals surface area (Å²) in [4.78, 5) is 26.6. The van der Waals surface area contributed by atoms with Crippen molar-refractivity contribution in [3.63, 3.8) is 0 Å². The van der Waals surface area contributed by atoms with E-state index in [0.717, 1.165) is 19.3 Å². The lowest BCUT2D eigenvalue weighted by Crippen LogP contribution is -2.50. The second-order valence-electron chi connectivity index (χ2n) is 6.96. The number of likely N-dealkylation sites (tertiary alicyclic amines) is 1. The number of fused-ring (bicyclic) bond motifs is 1. The number of esters is 1. The number of nitrogens with zero attached hydrogens (tertiary/aromatic N) is 2. The third kappa shape index (κ3) is 4.04. The van der Waals surface area contributed by atoms with E-state index >= 15 is 0 Å². The number of sulfonamides is 1. The van der Waals surface area contributed by atoms with Gasteiger partial charge in [0, 0.05) is 18.7 Å². The topological polar surface area (TPSA) is 105 Å². The minimum Gasteiger partial charge on any atom is -0.451 e. The van der Waals surface area contributed by atoms with Crippen LogP contribution in [0.25, 0.3) is 0 Å². The van der Waals surface area contributed by atoms with Gasteiger partial charge in [0.15, 0.2) is 11.9 Å². The number of ether oxygens (including phenoxy) is 1. The molecule has 1 fully saturated rings. The summed E-state index contributed by atoms with van der Waals surface area (Å²) in [5.74, 6) is -0.604. The van der Waals surface area contributed by atoms with E-state index in [9.17, 15) is 18.0 Å². The van der Waals surface area contributed by atoms with E-state index in [1.807, 2.05) is 6.92 Å². The first-order valence-electron chi connectivity index (χ1n) is 9.54. The average Bonchev–Trinajstić information content (AvgIpc) is 2.97. The van der Waals surface area contributed by atoms with Crippen molar-refractivity contribution in [3.8, 4) is 0 Å². The van der Waals surface area contributed by atoms with Gasteiger partial charge in [-0.1, -0.05) is 19.1 Å². The van der Waals surface area contributed by atoms with Gasteiger partial charge in [-0.25, -0.2) is 4.79 Å². The molecule has 1 N–H and O–H groups in total. The van der Waals surface area contributed by atoms with Crippen LogP contribution in [0.4, 0.5) is 0 Å². The van der Waals surface area contributed by atoms with Crippen LogP contribution in [0.3, 0.4) is 0 Å². The number of carbonyl (C=O) groups is 2. The van der Waals surface area contributed by atoms with Crippen molar-refractivity contribution in [1.82, 2.24) is 10.2 Å². The summed E-state index contributed by atoms with van der Waals surface area (Å²) in [7, 11) is -3.77. The Bertz CT molecular complexity index is 897. The van der Waals surface area contributed by atoms with Gasteiger partial charge in [0.05, 0.1) is 0 Å². The van der Waals surface area contributed by atoms with E-state index in [-0.39, 0.29) is 16.6 Å². The number of hydrogen-bond acceptors (Lipinski definition) is 6. The molecule has 0 unspecified atom stereocenters. The van der Waals surface area contributed by atoms with E-state index in [2.05, 4.69) is 9.71 Å². The van der Waals surface area contributed by atoms with Gasteiger partial charge in [-0.15, -0.1) is 4.40 Å². The molecule has 0 aliphatic carbocycles. The molecule has 3 rings (SSSR count). The van der Waals surface area contributed by atoms with Crippen LogP contribution in [0.15, 0.2) is 33.6 Å². The van der Waals surface area contributed by atoms with Crippen LogP contribution < -0.4 is 5.32 Å². The SMILES string of the molecule is CCCNC(=O)[C@@H](C)OC(=O)[C@H]1CCCCN1C1=NS(=O)(=O)c2ccccc21. The van der Waals surface area contributed by atoms with Gasteiger partial charge in [-0.2, -0.15) is 8.42 Å². The van der Waals surface area contributed by atoms with Crippen molar-refractivity contribution in [3.05, 3.63) is 29.8 Å². The van der Waals surface area contributed by atoms with Crippen molar-refractivity contribution >= 4 is 27.7 Å². The fourth-order valence-electron chi connectivity index (χ4n) is 3.42. The monoisotopic (exact) mass is 407 g/mol. The maximum absolute atomic E-state index is 12.8. The Labute approximate surface area is 165 Å². The molecule has 2 aliphatic heterocycles. The standard InChI is InChI=1S/C19H25N3O5S/c1-3-11-20-18(23)13(2)27-19(24)15-9-6-7-12-22(15)17-14-8-4-5-10-16(14)28(25,26)21-17/h4-5,8,10,13,15H,3,6-7,9,11-12H2,1-2H3,(H,20,23)/t13-,15-/m1/s1. The second-order valence-corrected chi connectivity index (χ2v) is 8.53. The predicted molar refractivity (Wildman–Crippen MR) is 103 cm³/mol. The highest BCUT2D eigenvalue weighted by Gasteiger charge is 2.39. The number of amides is 1. The van der Waals surface area contributed by atoms with Crippen LogP contribution in [0, 0.1) is 0 Å². The maximum Gasteiger partial charge on any atom is 0.329 e. The first-order valence-corrected chi connectivity index (χ1v) is 11.0. The number of benzene rings is 1. The molecule has 0 saturated carbocycles. The van der Waals surface area contributed by atoms with E-state index in [4.69, 9.17) is 4.74 Å². The van der Waals surface area contributed by atoms with Crippen LogP contribution >= 0.6 is 0 Å². The van der Waals surface area contributed by atoms with Crippen molar-refractivity contribution in [1.29, 1.82) is 0 Å². The van der Waals surface area contributed by atoms with Crippen molar-refractivity contribution in [2.75, 3.05) is 13.1 Å². The Kier molecular flexibility index (Phi) is 6.02. The predicted octanol–water partition coefficient (Wildman–Crippen LogP) is 1.45. The zero-order chi connectivity index (χ0) is 20.3. The lowest BCUT2D eigenvalue weighted by atomic mass is 10.0. The Morgan fingerprint density at radius 3 is 2.82 bits per heavy atom. The van der Waals surface area contributed by atoms with E-state index in [1.165, 1.54) is 13.0 Å². The number of nitrogens with one attached hydrogen (secondary N) is 1. The van der Waals surface area contributed by atoms with Gasteiger partial charge in [0.1, 0.15) is 10.9 Å². The molecule has 1 aromatic rings. The summed E-state index contributed by atoms with van der Waals surface area (Å²) in [6.45, 7) is 4.48. The smallest absolute Gasteiger partial charge is 0.329 e. The molecule has 1 aromatic carbocycles. The first-order chi connectivity index (χ1) is 13.3. The summed E-state index contributed by atoms with van der Waals surface area (Å²) in [6.07, 6.45) is 2.02. The molecule has 152 valence electrons. The van der Waals surface area contributed by atoms with Crippen LogP contribution in [-0.2, 0) is 24.3 Å².